The van der Waals surface area contributed by atoms with Crippen LogP contribution < -0.4 is 5.32 Å². The number of hydrogen-bond acceptors (Lipinski definition) is 6. The van der Waals surface area contributed by atoms with Crippen LogP contribution in [0.4, 0.5) is 0 Å². The Bertz CT molecular complexity index is 618. The molecule has 8 heteroatoms. The zero-order valence-corrected chi connectivity index (χ0v) is 12.7. The molecule has 1 heterocycles. The van der Waals surface area contributed by atoms with Crippen LogP contribution in [0.15, 0.2) is 23.3 Å². The SMILES string of the molecule is C#CCNC(C[N+](=O)[O-])=NCCSCc1ncccc1C#N. The number of pyridine rings is 1. The lowest BCUT2D eigenvalue weighted by Crippen LogP contribution is -2.31. The number of nitrogens with zero attached hydrogens (tertiary/aromatic N) is 4. The van der Waals surface area contributed by atoms with Crippen LogP contribution in [0.2, 0.25) is 0 Å². The van der Waals surface area contributed by atoms with E-state index in [0.29, 0.717) is 23.6 Å². The third-order valence-corrected chi connectivity index (χ3v) is 3.41. The maximum Gasteiger partial charge on any atom is 0.259 e. The molecule has 114 valence electrons. The van der Waals surface area contributed by atoms with Gasteiger partial charge in [0.25, 0.3) is 6.54 Å². The Labute approximate surface area is 133 Å². The highest BCUT2D eigenvalue weighted by atomic mass is 32.2. The molecule has 1 N–H and O–H groups in total. The van der Waals surface area contributed by atoms with Gasteiger partial charge in [-0.25, -0.2) is 0 Å². The van der Waals surface area contributed by atoms with Gasteiger partial charge in [-0.15, -0.1) is 6.42 Å². The van der Waals surface area contributed by atoms with Gasteiger partial charge in [-0.1, -0.05) is 5.92 Å². The standard InChI is InChI=1S/C14H15N5O2S/c1-2-5-17-14(10-19(20)21)18-7-8-22-11-13-12(9-15)4-3-6-16-13/h1,3-4,6H,5,7-8,10-11H2,(H,17,18). The van der Waals surface area contributed by atoms with Crippen LogP contribution in [0.5, 0.6) is 0 Å². The summed E-state index contributed by atoms with van der Waals surface area (Å²) >= 11 is 1.56. The van der Waals surface area contributed by atoms with E-state index in [1.165, 1.54) is 0 Å². The Morgan fingerprint density at radius 3 is 3.14 bits per heavy atom. The molecule has 0 fully saturated rings. The van der Waals surface area contributed by atoms with Crippen molar-refractivity contribution in [1.82, 2.24) is 10.3 Å². The van der Waals surface area contributed by atoms with Crippen LogP contribution in [0.25, 0.3) is 0 Å². The zero-order chi connectivity index (χ0) is 16.2. The minimum absolute atomic E-state index is 0.208. The average molecular weight is 317 g/mol. The van der Waals surface area contributed by atoms with Crippen molar-refractivity contribution in [3.8, 4) is 18.4 Å². The Morgan fingerprint density at radius 2 is 2.45 bits per heavy atom. The number of amidine groups is 1. The maximum absolute atomic E-state index is 10.5. The summed E-state index contributed by atoms with van der Waals surface area (Å²) in [6, 6.07) is 5.53. The molecule has 0 radical (unpaired) electrons. The zero-order valence-electron chi connectivity index (χ0n) is 11.9. The lowest BCUT2D eigenvalue weighted by Gasteiger charge is -2.04. The van der Waals surface area contributed by atoms with E-state index in [1.807, 2.05) is 0 Å². The van der Waals surface area contributed by atoms with E-state index in [9.17, 15) is 10.1 Å². The van der Waals surface area contributed by atoms with Gasteiger partial charge in [0.2, 0.25) is 0 Å². The van der Waals surface area contributed by atoms with Gasteiger partial charge >= 0.3 is 0 Å². The summed E-state index contributed by atoms with van der Waals surface area (Å²) in [6.07, 6.45) is 6.75. The summed E-state index contributed by atoms with van der Waals surface area (Å²) in [7, 11) is 0. The number of aromatic nitrogens is 1. The number of nitriles is 1. The molecule has 0 aliphatic rings. The molecule has 7 nitrogen and oxygen atoms in total. The smallest absolute Gasteiger partial charge is 0.259 e. The minimum Gasteiger partial charge on any atom is -0.357 e. The molecule has 22 heavy (non-hydrogen) atoms. The average Bonchev–Trinajstić information content (AvgIpc) is 2.51. The molecule has 0 aromatic carbocycles. The monoisotopic (exact) mass is 317 g/mol. The molecule has 0 bridgehead atoms. The Hall–Kier alpha value is -2.58. The van der Waals surface area contributed by atoms with Gasteiger partial charge in [0.1, 0.15) is 6.07 Å². The third-order valence-electron chi connectivity index (χ3n) is 2.46. The third kappa shape index (κ3) is 6.73. The number of rotatable bonds is 8. The summed E-state index contributed by atoms with van der Waals surface area (Å²) in [5.74, 6) is 3.89. The second-order valence-electron chi connectivity index (χ2n) is 4.04. The molecule has 0 aliphatic carbocycles. The van der Waals surface area contributed by atoms with E-state index in [0.717, 1.165) is 5.69 Å². The summed E-state index contributed by atoms with van der Waals surface area (Å²) in [5, 5.41) is 22.2. The minimum atomic E-state index is -0.456. The molecular weight excluding hydrogens is 302 g/mol. The summed E-state index contributed by atoms with van der Waals surface area (Å²) in [6.45, 7) is 0.268. The normalized spacial score (nSPS) is 10.5. The van der Waals surface area contributed by atoms with Gasteiger partial charge < -0.3 is 5.32 Å². The van der Waals surface area contributed by atoms with Crippen molar-refractivity contribution >= 4 is 17.6 Å². The highest BCUT2D eigenvalue weighted by molar-refractivity contribution is 7.98. The first-order valence-corrected chi connectivity index (χ1v) is 7.57. The molecule has 0 unspecified atom stereocenters. The van der Waals surface area contributed by atoms with Gasteiger partial charge in [-0.2, -0.15) is 17.0 Å². The molecule has 0 amide bonds. The maximum atomic E-state index is 10.5. The van der Waals surface area contributed by atoms with Crippen molar-refractivity contribution in [2.45, 2.75) is 5.75 Å². The second kappa shape index (κ2) is 10.2. The molecule has 0 saturated heterocycles. The van der Waals surface area contributed by atoms with Gasteiger partial charge in [-0.3, -0.25) is 20.1 Å². The van der Waals surface area contributed by atoms with Crippen molar-refractivity contribution in [2.75, 3.05) is 25.4 Å². The molecule has 1 rings (SSSR count). The first-order chi connectivity index (χ1) is 10.7. The fourth-order valence-electron chi connectivity index (χ4n) is 1.51. The second-order valence-corrected chi connectivity index (χ2v) is 5.14. The molecule has 0 saturated carbocycles. The van der Waals surface area contributed by atoms with Crippen LogP contribution in [0, 0.1) is 33.8 Å². The van der Waals surface area contributed by atoms with E-state index in [4.69, 9.17) is 11.7 Å². The van der Waals surface area contributed by atoms with Crippen molar-refractivity contribution in [3.05, 3.63) is 39.7 Å². The van der Waals surface area contributed by atoms with Gasteiger partial charge in [0.05, 0.1) is 24.3 Å². The molecule has 1 aromatic rings. The molecule has 0 aliphatic heterocycles. The number of nitro groups is 1. The lowest BCUT2D eigenvalue weighted by molar-refractivity contribution is -0.463. The predicted octanol–water partition coefficient (Wildman–Crippen LogP) is 1.08. The van der Waals surface area contributed by atoms with E-state index in [-0.39, 0.29) is 18.9 Å². The van der Waals surface area contributed by atoms with Crippen LogP contribution >= 0.6 is 11.8 Å². The van der Waals surface area contributed by atoms with E-state index < -0.39 is 4.92 Å². The van der Waals surface area contributed by atoms with E-state index in [1.54, 1.807) is 30.1 Å². The quantitative estimate of drug-likeness (QED) is 0.192. The highest BCUT2D eigenvalue weighted by Gasteiger charge is 2.06. The topological polar surface area (TPSA) is 104 Å². The molecule has 0 atom stereocenters. The largest absolute Gasteiger partial charge is 0.357 e. The first-order valence-electron chi connectivity index (χ1n) is 6.41. The van der Waals surface area contributed by atoms with Crippen LogP contribution in [0.3, 0.4) is 0 Å². The lowest BCUT2D eigenvalue weighted by atomic mass is 10.2. The van der Waals surface area contributed by atoms with Crippen molar-refractivity contribution in [1.29, 1.82) is 5.26 Å². The Kier molecular flexibility index (Phi) is 8.09. The van der Waals surface area contributed by atoms with Gasteiger partial charge in [0.15, 0.2) is 5.84 Å². The van der Waals surface area contributed by atoms with E-state index in [2.05, 4.69) is 27.3 Å². The van der Waals surface area contributed by atoms with Crippen molar-refractivity contribution < 1.29 is 4.92 Å². The van der Waals surface area contributed by atoms with Crippen LogP contribution in [-0.2, 0) is 5.75 Å². The number of terminal acetylenes is 1. The van der Waals surface area contributed by atoms with Crippen LogP contribution in [-0.4, -0.2) is 41.1 Å². The fourth-order valence-corrected chi connectivity index (χ4v) is 2.29. The fraction of sp³-hybridized carbons (Fsp3) is 0.357. The van der Waals surface area contributed by atoms with Gasteiger partial charge in [-0.05, 0) is 12.1 Å². The summed E-state index contributed by atoms with van der Waals surface area (Å²) < 4.78 is 0. The Morgan fingerprint density at radius 1 is 1.64 bits per heavy atom. The Balaban J connectivity index is 2.41. The van der Waals surface area contributed by atoms with Gasteiger partial charge in [0, 0.05) is 22.6 Å². The summed E-state index contributed by atoms with van der Waals surface area (Å²) in [4.78, 5) is 18.3. The van der Waals surface area contributed by atoms with Crippen LogP contribution in [0.1, 0.15) is 11.3 Å². The van der Waals surface area contributed by atoms with E-state index >= 15 is 0 Å². The number of nitrogens with one attached hydrogen (secondary N) is 1. The molecule has 1 aromatic heterocycles. The molecule has 0 spiro atoms. The highest BCUT2D eigenvalue weighted by Crippen LogP contribution is 2.13. The predicted molar refractivity (Wildman–Crippen MR) is 86.1 cm³/mol. The summed E-state index contributed by atoms with van der Waals surface area (Å²) in [5.41, 5.74) is 1.29. The van der Waals surface area contributed by atoms with Crippen molar-refractivity contribution in [2.24, 2.45) is 4.99 Å². The molecular formula is C14H15N5O2S. The number of hydrogen-bond donors (Lipinski definition) is 1. The first kappa shape index (κ1) is 17.5. The van der Waals surface area contributed by atoms with Crippen molar-refractivity contribution in [3.63, 3.8) is 0 Å². The number of thioether (sulfide) groups is 1. The number of aliphatic imine (C=N–C) groups is 1.